The van der Waals surface area contributed by atoms with E-state index in [4.69, 9.17) is 29.7 Å². The van der Waals surface area contributed by atoms with Gasteiger partial charge in [0.05, 0.1) is 23.9 Å². The van der Waals surface area contributed by atoms with Gasteiger partial charge in [0.1, 0.15) is 23.3 Å². The van der Waals surface area contributed by atoms with Gasteiger partial charge in [-0.3, -0.25) is 14.0 Å². The van der Waals surface area contributed by atoms with Crippen molar-refractivity contribution in [2.75, 3.05) is 32.5 Å². The highest BCUT2D eigenvalue weighted by molar-refractivity contribution is 7.16. The predicted octanol–water partition coefficient (Wildman–Crippen LogP) is 4.03. The number of ether oxygens (including phenoxy) is 2. The second-order valence-electron chi connectivity index (χ2n) is 13.3. The Bertz CT molecular complexity index is 1950. The molecule has 2 saturated heterocycles. The summed E-state index contributed by atoms with van der Waals surface area (Å²) in [4.78, 5) is 26.7. The highest BCUT2D eigenvalue weighted by Gasteiger charge is 2.48. The lowest BCUT2D eigenvalue weighted by atomic mass is 9.62. The van der Waals surface area contributed by atoms with Crippen molar-refractivity contribution < 1.29 is 18.4 Å². The molecular formula is C32H37FN8O4S. The van der Waals surface area contributed by atoms with E-state index in [1.165, 1.54) is 15.9 Å². The van der Waals surface area contributed by atoms with Crippen molar-refractivity contribution in [1.29, 1.82) is 5.26 Å². The van der Waals surface area contributed by atoms with Crippen molar-refractivity contribution in [2.45, 2.75) is 88.1 Å². The second kappa shape index (κ2) is 10.9. The fourth-order valence-corrected chi connectivity index (χ4v) is 9.63. The molecule has 4 aliphatic rings. The molecule has 12 nitrogen and oxygen atoms in total. The van der Waals surface area contributed by atoms with Gasteiger partial charge in [-0.15, -0.1) is 11.3 Å². The second-order valence-corrected chi connectivity index (χ2v) is 14.4. The standard InChI is InChI=1S/C32H37FN8O4S/c1-16(21-12-17(33)14-39(21)2)44-30-24-29(41(31(42)40(24)3)18-8-11-43-15-18)36-28(37-30)25-19-6-4-9-32(26(19)38-45-25)10-5-7-22-23(32)20(13-34)27(35)46-22/h16-18,21H,4-12,14-15,35H2,1-3H3/t16-,17+,18+,21-,32-/m0/s1. The summed E-state index contributed by atoms with van der Waals surface area (Å²) in [6.07, 6.45) is 4.84. The number of halogens is 1. The Morgan fingerprint density at radius 1 is 1.24 bits per heavy atom. The maximum absolute atomic E-state index is 14.3. The molecule has 0 unspecified atom stereocenters. The van der Waals surface area contributed by atoms with Gasteiger partial charge in [-0.25, -0.2) is 14.2 Å². The molecule has 2 N–H and O–H groups in total. The first kappa shape index (κ1) is 29.6. The van der Waals surface area contributed by atoms with Gasteiger partial charge in [0.25, 0.3) is 0 Å². The van der Waals surface area contributed by atoms with E-state index in [9.17, 15) is 14.4 Å². The van der Waals surface area contributed by atoms with Gasteiger partial charge in [0.15, 0.2) is 11.2 Å². The molecule has 0 amide bonds. The average Bonchev–Trinajstić information content (AvgIpc) is 3.85. The van der Waals surface area contributed by atoms with Gasteiger partial charge in [-0.05, 0) is 70.9 Å². The molecule has 242 valence electrons. The Morgan fingerprint density at radius 2 is 2.04 bits per heavy atom. The van der Waals surface area contributed by atoms with Crippen LogP contribution in [0.5, 0.6) is 5.88 Å². The van der Waals surface area contributed by atoms with E-state index in [0.717, 1.165) is 53.8 Å². The van der Waals surface area contributed by atoms with Gasteiger partial charge in [-0.1, -0.05) is 5.16 Å². The first-order valence-corrected chi connectivity index (χ1v) is 16.9. The molecular weight excluding hydrogens is 611 g/mol. The SMILES string of the molecule is C[C@H](Oc1nc(-c2onc3c2CCC[C@@]32CCCc3sc(N)c(C#N)c32)nc2c1n(C)c(=O)n2[C@@H]1CCOC1)[C@@H]1C[C@@H](F)CN1C. The normalized spacial score (nSPS) is 26.8. The molecule has 0 aromatic carbocycles. The number of nitrogens with two attached hydrogens (primary N) is 1. The predicted molar refractivity (Wildman–Crippen MR) is 169 cm³/mol. The number of nitrogen functional groups attached to an aromatic ring is 1. The smallest absolute Gasteiger partial charge is 0.330 e. The van der Waals surface area contributed by atoms with Gasteiger partial charge < -0.3 is 19.7 Å². The molecule has 14 heteroatoms. The number of thiophene rings is 1. The molecule has 4 aromatic heterocycles. The van der Waals surface area contributed by atoms with Crippen molar-refractivity contribution in [3.8, 4) is 23.5 Å². The molecule has 2 aliphatic heterocycles. The number of nitrogens with zero attached hydrogens (tertiary/aromatic N) is 7. The zero-order valence-electron chi connectivity index (χ0n) is 26.2. The summed E-state index contributed by atoms with van der Waals surface area (Å²) >= 11 is 1.51. The molecule has 4 aromatic rings. The van der Waals surface area contributed by atoms with Crippen LogP contribution in [0.3, 0.4) is 0 Å². The molecule has 0 radical (unpaired) electrons. The van der Waals surface area contributed by atoms with Gasteiger partial charge >= 0.3 is 5.69 Å². The van der Waals surface area contributed by atoms with E-state index >= 15 is 0 Å². The number of anilines is 1. The summed E-state index contributed by atoms with van der Waals surface area (Å²) in [5.41, 5.74) is 9.84. The topological polar surface area (TPSA) is 150 Å². The summed E-state index contributed by atoms with van der Waals surface area (Å²) in [6.45, 7) is 3.22. The molecule has 0 bridgehead atoms. The highest BCUT2D eigenvalue weighted by atomic mass is 32.1. The van der Waals surface area contributed by atoms with Crippen LogP contribution < -0.4 is 16.2 Å². The minimum Gasteiger partial charge on any atom is -0.471 e. The van der Waals surface area contributed by atoms with Crippen LogP contribution in [0, 0.1) is 11.3 Å². The number of hydrogen-bond donors (Lipinski definition) is 1. The van der Waals surface area contributed by atoms with E-state index in [2.05, 4.69) is 11.2 Å². The van der Waals surface area contributed by atoms with Crippen LogP contribution in [0.1, 0.15) is 78.8 Å². The lowest BCUT2D eigenvalue weighted by Crippen LogP contribution is -2.38. The van der Waals surface area contributed by atoms with Crippen molar-refractivity contribution in [1.82, 2.24) is 29.2 Å². The van der Waals surface area contributed by atoms with E-state index in [1.54, 1.807) is 11.6 Å². The molecule has 6 heterocycles. The van der Waals surface area contributed by atoms with Crippen LogP contribution >= 0.6 is 11.3 Å². The number of imidazole rings is 1. The number of rotatable bonds is 5. The van der Waals surface area contributed by atoms with Crippen LogP contribution in [0.25, 0.3) is 22.7 Å². The Hall–Kier alpha value is -3.80. The summed E-state index contributed by atoms with van der Waals surface area (Å²) in [5.74, 6) is 0.964. The van der Waals surface area contributed by atoms with Crippen LogP contribution in [0.15, 0.2) is 9.32 Å². The van der Waals surface area contributed by atoms with E-state index in [1.807, 2.05) is 18.9 Å². The third-order valence-electron chi connectivity index (χ3n) is 10.6. The first-order valence-electron chi connectivity index (χ1n) is 16.1. The average molecular weight is 649 g/mol. The van der Waals surface area contributed by atoms with Crippen molar-refractivity contribution in [3.63, 3.8) is 0 Å². The third-order valence-corrected chi connectivity index (χ3v) is 11.7. The fraction of sp³-hybridized carbons (Fsp3) is 0.594. The summed E-state index contributed by atoms with van der Waals surface area (Å²) in [6, 6.07) is 2.04. The molecule has 1 spiro atoms. The number of likely N-dealkylation sites (tertiary alicyclic amines) is 1. The monoisotopic (exact) mass is 648 g/mol. The lowest BCUT2D eigenvalue weighted by molar-refractivity contribution is 0.118. The minimum atomic E-state index is -0.927. The van der Waals surface area contributed by atoms with Gasteiger partial charge in [0, 0.05) is 42.1 Å². The lowest BCUT2D eigenvalue weighted by Gasteiger charge is -2.39. The summed E-state index contributed by atoms with van der Waals surface area (Å²) in [7, 11) is 3.58. The van der Waals surface area contributed by atoms with Crippen LogP contribution in [0.4, 0.5) is 9.39 Å². The van der Waals surface area contributed by atoms with Crippen LogP contribution in [0.2, 0.25) is 0 Å². The largest absolute Gasteiger partial charge is 0.471 e. The third kappa shape index (κ3) is 4.28. The highest BCUT2D eigenvalue weighted by Crippen LogP contribution is 2.54. The first-order chi connectivity index (χ1) is 22.2. The number of aromatic nitrogens is 5. The number of likely N-dealkylation sites (N-methyl/N-ethyl adjacent to an activating group) is 1. The molecule has 0 saturated carbocycles. The maximum atomic E-state index is 14.3. The molecule has 8 rings (SSSR count). The number of nitriles is 1. The van der Waals surface area contributed by atoms with Crippen molar-refractivity contribution >= 4 is 27.5 Å². The van der Waals surface area contributed by atoms with Gasteiger partial charge in [-0.2, -0.15) is 10.2 Å². The van der Waals surface area contributed by atoms with Gasteiger partial charge in [0.2, 0.25) is 17.5 Å². The van der Waals surface area contributed by atoms with Crippen molar-refractivity contribution in [3.05, 3.63) is 37.7 Å². The number of hydrogen-bond acceptors (Lipinski definition) is 11. The number of fused-ring (bicyclic) bond motifs is 5. The van der Waals surface area contributed by atoms with Crippen LogP contribution in [-0.2, 0) is 30.0 Å². The Balaban J connectivity index is 1.30. The van der Waals surface area contributed by atoms with E-state index in [0.29, 0.717) is 66.5 Å². The molecule has 2 aliphatic carbocycles. The Kier molecular flexibility index (Phi) is 7.00. The minimum absolute atomic E-state index is 0.156. The summed E-state index contributed by atoms with van der Waals surface area (Å²) in [5, 5.41) is 15.3. The molecule has 46 heavy (non-hydrogen) atoms. The number of alkyl halides is 1. The zero-order chi connectivity index (χ0) is 31.9. The molecule has 2 fully saturated rings. The quantitative estimate of drug-likeness (QED) is 0.336. The van der Waals surface area contributed by atoms with Crippen molar-refractivity contribution in [2.24, 2.45) is 7.05 Å². The van der Waals surface area contributed by atoms with Crippen LogP contribution in [-0.4, -0.2) is 74.3 Å². The Labute approximate surface area is 268 Å². The van der Waals surface area contributed by atoms with E-state index < -0.39 is 17.7 Å². The Morgan fingerprint density at radius 3 is 2.76 bits per heavy atom. The fourth-order valence-electron chi connectivity index (χ4n) is 8.47. The maximum Gasteiger partial charge on any atom is 0.330 e. The van der Waals surface area contributed by atoms with E-state index in [-0.39, 0.29) is 29.5 Å². The molecule has 5 atom stereocenters. The zero-order valence-corrected chi connectivity index (χ0v) is 27.0. The number of aryl methyl sites for hydroxylation is 2. The summed E-state index contributed by atoms with van der Waals surface area (Å²) < 4.78 is 35.9.